The number of nitro benzene ring substituents is 1. The van der Waals surface area contributed by atoms with E-state index in [4.69, 9.17) is 0 Å². The summed E-state index contributed by atoms with van der Waals surface area (Å²) >= 11 is 0. The summed E-state index contributed by atoms with van der Waals surface area (Å²) in [6, 6.07) is 12.8. The molecule has 0 bridgehead atoms. The molecule has 1 aliphatic rings. The second-order valence-corrected chi connectivity index (χ2v) is 7.43. The fraction of sp³-hybridized carbons (Fsp3) is 0.318. The van der Waals surface area contributed by atoms with Gasteiger partial charge in [0.15, 0.2) is 0 Å². The van der Waals surface area contributed by atoms with Crippen LogP contribution in [0.1, 0.15) is 25.0 Å². The summed E-state index contributed by atoms with van der Waals surface area (Å²) in [5.41, 5.74) is 1.80. The Morgan fingerprint density at radius 3 is 2.38 bits per heavy atom. The predicted octanol–water partition coefficient (Wildman–Crippen LogP) is 3.87. The SMILES string of the molecule is C[C@@H]1CN(C(=O)/C=C/c2ccc([N+](=O)[O-])cc2)[C@@H](C)CN1Cc1ccc(F)cc1. The van der Waals surface area contributed by atoms with Crippen LogP contribution in [0.3, 0.4) is 0 Å². The highest BCUT2D eigenvalue weighted by atomic mass is 19.1. The van der Waals surface area contributed by atoms with Gasteiger partial charge in [-0.3, -0.25) is 19.8 Å². The van der Waals surface area contributed by atoms with Gasteiger partial charge in [-0.2, -0.15) is 0 Å². The third-order valence-electron chi connectivity index (χ3n) is 5.22. The van der Waals surface area contributed by atoms with Gasteiger partial charge in [0.2, 0.25) is 5.91 Å². The van der Waals surface area contributed by atoms with Gasteiger partial charge in [0.05, 0.1) is 4.92 Å². The van der Waals surface area contributed by atoms with Crippen molar-refractivity contribution in [1.29, 1.82) is 0 Å². The quantitative estimate of drug-likeness (QED) is 0.436. The van der Waals surface area contributed by atoms with Crippen LogP contribution in [0.15, 0.2) is 54.6 Å². The molecular weight excluding hydrogens is 373 g/mol. The Labute approximate surface area is 169 Å². The molecule has 2 atom stereocenters. The summed E-state index contributed by atoms with van der Waals surface area (Å²) < 4.78 is 13.1. The van der Waals surface area contributed by atoms with Crippen molar-refractivity contribution < 1.29 is 14.1 Å². The van der Waals surface area contributed by atoms with Gasteiger partial charge in [-0.05, 0) is 55.3 Å². The number of piperazine rings is 1. The van der Waals surface area contributed by atoms with Gasteiger partial charge < -0.3 is 4.90 Å². The van der Waals surface area contributed by atoms with Gasteiger partial charge in [0, 0.05) is 49.9 Å². The van der Waals surface area contributed by atoms with Gasteiger partial charge in [0.1, 0.15) is 5.82 Å². The zero-order chi connectivity index (χ0) is 21.0. The lowest BCUT2D eigenvalue weighted by atomic mass is 10.1. The number of amides is 1. The molecule has 152 valence electrons. The van der Waals surface area contributed by atoms with E-state index in [-0.39, 0.29) is 29.5 Å². The molecule has 2 aromatic rings. The Bertz CT molecular complexity index is 897. The van der Waals surface area contributed by atoms with Gasteiger partial charge in [-0.15, -0.1) is 0 Å². The highest BCUT2D eigenvalue weighted by Gasteiger charge is 2.30. The molecule has 1 amide bonds. The maximum Gasteiger partial charge on any atom is 0.269 e. The van der Waals surface area contributed by atoms with Crippen LogP contribution in [0.25, 0.3) is 6.08 Å². The lowest BCUT2D eigenvalue weighted by Crippen LogP contribution is -2.57. The minimum Gasteiger partial charge on any atom is -0.334 e. The molecule has 1 aliphatic heterocycles. The van der Waals surface area contributed by atoms with E-state index in [1.54, 1.807) is 30.3 Å². The topological polar surface area (TPSA) is 66.7 Å². The fourth-order valence-corrected chi connectivity index (χ4v) is 3.52. The van der Waals surface area contributed by atoms with Crippen LogP contribution in [0.4, 0.5) is 10.1 Å². The number of carbonyl (C=O) groups is 1. The first kappa shape index (κ1) is 20.7. The Morgan fingerprint density at radius 2 is 1.76 bits per heavy atom. The first-order valence-corrected chi connectivity index (χ1v) is 9.55. The van der Waals surface area contributed by atoms with Crippen molar-refractivity contribution >= 4 is 17.7 Å². The van der Waals surface area contributed by atoms with Crippen LogP contribution in [-0.4, -0.2) is 45.8 Å². The summed E-state index contributed by atoms with van der Waals surface area (Å²) in [5, 5.41) is 10.7. The summed E-state index contributed by atoms with van der Waals surface area (Å²) in [4.78, 5) is 27.1. The van der Waals surface area contributed by atoms with Gasteiger partial charge in [-0.1, -0.05) is 12.1 Å². The predicted molar refractivity (Wildman–Crippen MR) is 110 cm³/mol. The van der Waals surface area contributed by atoms with Crippen LogP contribution in [-0.2, 0) is 11.3 Å². The normalized spacial score (nSPS) is 20.2. The first-order chi connectivity index (χ1) is 13.8. The van der Waals surface area contributed by atoms with Crippen molar-refractivity contribution in [2.45, 2.75) is 32.5 Å². The van der Waals surface area contributed by atoms with Crippen LogP contribution in [0.5, 0.6) is 0 Å². The molecule has 2 aromatic carbocycles. The number of benzene rings is 2. The molecule has 6 nitrogen and oxygen atoms in total. The van der Waals surface area contributed by atoms with E-state index in [0.717, 1.165) is 17.7 Å². The van der Waals surface area contributed by atoms with Crippen LogP contribution in [0.2, 0.25) is 0 Å². The number of carbonyl (C=O) groups excluding carboxylic acids is 1. The Hall–Kier alpha value is -3.06. The number of hydrogen-bond donors (Lipinski definition) is 0. The van der Waals surface area contributed by atoms with Gasteiger partial charge in [0.25, 0.3) is 5.69 Å². The summed E-state index contributed by atoms with van der Waals surface area (Å²) in [5.74, 6) is -0.325. The van der Waals surface area contributed by atoms with E-state index in [9.17, 15) is 19.3 Å². The highest BCUT2D eigenvalue weighted by Crippen LogP contribution is 2.19. The fourth-order valence-electron chi connectivity index (χ4n) is 3.52. The van der Waals surface area contributed by atoms with Crippen molar-refractivity contribution in [3.05, 3.63) is 81.7 Å². The molecule has 0 unspecified atom stereocenters. The van der Waals surface area contributed by atoms with Crippen LogP contribution >= 0.6 is 0 Å². The number of non-ortho nitro benzene ring substituents is 1. The van der Waals surface area contributed by atoms with Gasteiger partial charge in [-0.25, -0.2) is 4.39 Å². The molecule has 1 fully saturated rings. The van der Waals surface area contributed by atoms with E-state index >= 15 is 0 Å². The monoisotopic (exact) mass is 397 g/mol. The molecule has 7 heteroatoms. The van der Waals surface area contributed by atoms with Crippen LogP contribution in [0, 0.1) is 15.9 Å². The zero-order valence-electron chi connectivity index (χ0n) is 16.5. The minimum absolute atomic E-state index is 0.0215. The highest BCUT2D eigenvalue weighted by molar-refractivity contribution is 5.92. The molecule has 0 saturated carbocycles. The van der Waals surface area contributed by atoms with Crippen molar-refractivity contribution in [2.24, 2.45) is 0 Å². The van der Waals surface area contributed by atoms with Crippen molar-refractivity contribution in [1.82, 2.24) is 9.80 Å². The maximum atomic E-state index is 13.1. The summed E-state index contributed by atoms with van der Waals surface area (Å²) in [6.07, 6.45) is 3.19. The average Bonchev–Trinajstić information content (AvgIpc) is 2.70. The summed E-state index contributed by atoms with van der Waals surface area (Å²) in [6.45, 7) is 6.14. The standard InChI is InChI=1S/C22H24FN3O3/c1-16-14-25(17(2)13-24(16)15-19-3-8-20(23)9-4-19)22(27)12-7-18-5-10-21(11-6-18)26(28)29/h3-12,16-17H,13-15H2,1-2H3/b12-7+/t16-,17+/m1/s1. The minimum atomic E-state index is -0.451. The number of hydrogen-bond acceptors (Lipinski definition) is 4. The number of nitrogens with zero attached hydrogens (tertiary/aromatic N) is 3. The van der Waals surface area contributed by atoms with Crippen molar-refractivity contribution in [3.63, 3.8) is 0 Å². The largest absolute Gasteiger partial charge is 0.334 e. The third kappa shape index (κ3) is 5.26. The number of nitro groups is 1. The van der Waals surface area contributed by atoms with E-state index in [0.29, 0.717) is 13.1 Å². The second-order valence-electron chi connectivity index (χ2n) is 7.43. The average molecular weight is 397 g/mol. The Kier molecular flexibility index (Phi) is 6.39. The van der Waals surface area contributed by atoms with E-state index in [2.05, 4.69) is 11.8 Å². The molecule has 29 heavy (non-hydrogen) atoms. The Morgan fingerprint density at radius 1 is 1.10 bits per heavy atom. The smallest absolute Gasteiger partial charge is 0.269 e. The molecule has 1 heterocycles. The molecule has 0 N–H and O–H groups in total. The molecule has 0 radical (unpaired) electrons. The van der Waals surface area contributed by atoms with Crippen molar-refractivity contribution in [2.75, 3.05) is 13.1 Å². The second kappa shape index (κ2) is 8.96. The zero-order valence-corrected chi connectivity index (χ0v) is 16.5. The number of halogens is 1. The molecule has 0 aromatic heterocycles. The maximum absolute atomic E-state index is 13.1. The van der Waals surface area contributed by atoms with E-state index in [1.165, 1.54) is 30.3 Å². The van der Waals surface area contributed by atoms with Gasteiger partial charge >= 0.3 is 0 Å². The van der Waals surface area contributed by atoms with E-state index < -0.39 is 4.92 Å². The van der Waals surface area contributed by atoms with E-state index in [1.807, 2.05) is 11.8 Å². The molecule has 0 aliphatic carbocycles. The first-order valence-electron chi connectivity index (χ1n) is 9.55. The lowest BCUT2D eigenvalue weighted by molar-refractivity contribution is -0.384. The van der Waals surface area contributed by atoms with Crippen LogP contribution < -0.4 is 0 Å². The molecule has 0 spiro atoms. The van der Waals surface area contributed by atoms with Crippen molar-refractivity contribution in [3.8, 4) is 0 Å². The summed E-state index contributed by atoms with van der Waals surface area (Å²) in [7, 11) is 0. The Balaban J connectivity index is 1.60. The third-order valence-corrected chi connectivity index (χ3v) is 5.22. The number of rotatable bonds is 5. The molecular formula is C22H24FN3O3. The lowest BCUT2D eigenvalue weighted by Gasteiger charge is -2.44. The molecule has 3 rings (SSSR count). The molecule has 1 saturated heterocycles.